The highest BCUT2D eigenvalue weighted by Gasteiger charge is 2.34. The van der Waals surface area contributed by atoms with Gasteiger partial charge < -0.3 is 10.6 Å². The summed E-state index contributed by atoms with van der Waals surface area (Å²) >= 11 is 0. The number of nitrogens with two attached hydrogens (primary N) is 1. The maximum absolute atomic E-state index is 12.7. The Balaban J connectivity index is 1.90. The van der Waals surface area contributed by atoms with Crippen molar-refractivity contribution < 1.29 is 4.79 Å². The zero-order valence-corrected chi connectivity index (χ0v) is 13.2. The van der Waals surface area contributed by atoms with Crippen LogP contribution < -0.4 is 5.73 Å². The number of rotatable bonds is 8. The summed E-state index contributed by atoms with van der Waals surface area (Å²) in [5.41, 5.74) is 6.88. The predicted molar refractivity (Wildman–Crippen MR) is 84.5 cm³/mol. The third-order valence-electron chi connectivity index (χ3n) is 4.06. The third-order valence-corrected chi connectivity index (χ3v) is 4.06. The van der Waals surface area contributed by atoms with Crippen molar-refractivity contribution in [2.24, 2.45) is 11.7 Å². The number of aromatic nitrogens is 1. The third kappa shape index (κ3) is 5.12. The molecule has 1 fully saturated rings. The Labute approximate surface area is 127 Å². The highest BCUT2D eigenvalue weighted by molar-refractivity contribution is 5.79. The standard InChI is InChI=1S/C17H27N3O/c1-13(5-3-6-14(2)18)17(21)20(16-8-9-16)12-15-7-4-10-19-11-15/h4,7,10-11,13-14,16H,3,5-6,8-9,12,18H2,1-2H3. The number of hydrogen-bond donors (Lipinski definition) is 1. The quantitative estimate of drug-likeness (QED) is 0.800. The van der Waals surface area contributed by atoms with Crippen molar-refractivity contribution in [3.8, 4) is 0 Å². The van der Waals surface area contributed by atoms with Gasteiger partial charge in [0.05, 0.1) is 0 Å². The minimum Gasteiger partial charge on any atom is -0.335 e. The largest absolute Gasteiger partial charge is 0.335 e. The summed E-state index contributed by atoms with van der Waals surface area (Å²) in [5, 5.41) is 0. The molecule has 2 atom stereocenters. The summed E-state index contributed by atoms with van der Waals surface area (Å²) in [4.78, 5) is 18.9. The summed E-state index contributed by atoms with van der Waals surface area (Å²) in [5.74, 6) is 0.368. The van der Waals surface area contributed by atoms with Gasteiger partial charge >= 0.3 is 0 Å². The van der Waals surface area contributed by atoms with E-state index in [4.69, 9.17) is 5.73 Å². The van der Waals surface area contributed by atoms with Gasteiger partial charge in [-0.3, -0.25) is 9.78 Å². The molecule has 1 saturated carbocycles. The fraction of sp³-hybridized carbons (Fsp3) is 0.647. The lowest BCUT2D eigenvalue weighted by molar-refractivity contribution is -0.136. The van der Waals surface area contributed by atoms with Gasteiger partial charge in [0.25, 0.3) is 0 Å². The lowest BCUT2D eigenvalue weighted by Crippen LogP contribution is -2.36. The molecular formula is C17H27N3O. The molecule has 1 aromatic rings. The van der Waals surface area contributed by atoms with E-state index in [2.05, 4.69) is 4.98 Å². The number of pyridine rings is 1. The molecular weight excluding hydrogens is 262 g/mol. The molecule has 4 nitrogen and oxygen atoms in total. The molecule has 2 unspecified atom stereocenters. The van der Waals surface area contributed by atoms with Gasteiger partial charge in [-0.25, -0.2) is 0 Å². The number of nitrogens with zero attached hydrogens (tertiary/aromatic N) is 2. The monoisotopic (exact) mass is 289 g/mol. The van der Waals surface area contributed by atoms with Crippen molar-refractivity contribution in [3.05, 3.63) is 30.1 Å². The van der Waals surface area contributed by atoms with Crippen molar-refractivity contribution >= 4 is 5.91 Å². The second kappa shape index (κ2) is 7.55. The molecule has 1 amide bonds. The van der Waals surface area contributed by atoms with Gasteiger partial charge in [-0.05, 0) is 44.2 Å². The van der Waals surface area contributed by atoms with Crippen LogP contribution in [-0.2, 0) is 11.3 Å². The molecule has 2 rings (SSSR count). The van der Waals surface area contributed by atoms with Crippen LogP contribution in [-0.4, -0.2) is 27.9 Å². The molecule has 0 aromatic carbocycles. The maximum atomic E-state index is 12.7. The van der Waals surface area contributed by atoms with Crippen LogP contribution in [0.2, 0.25) is 0 Å². The SMILES string of the molecule is CC(N)CCCC(C)C(=O)N(Cc1cccnc1)C1CC1. The van der Waals surface area contributed by atoms with E-state index in [1.807, 2.05) is 37.1 Å². The number of carbonyl (C=O) groups is 1. The van der Waals surface area contributed by atoms with E-state index < -0.39 is 0 Å². The number of hydrogen-bond acceptors (Lipinski definition) is 3. The van der Waals surface area contributed by atoms with Gasteiger partial charge in [0.1, 0.15) is 0 Å². The Morgan fingerprint density at radius 2 is 2.19 bits per heavy atom. The molecule has 0 spiro atoms. The number of carbonyl (C=O) groups excluding carboxylic acids is 1. The minimum atomic E-state index is 0.0843. The molecule has 0 saturated heterocycles. The van der Waals surface area contributed by atoms with Gasteiger partial charge in [-0.2, -0.15) is 0 Å². The maximum Gasteiger partial charge on any atom is 0.225 e. The first-order chi connectivity index (χ1) is 10.1. The Morgan fingerprint density at radius 3 is 2.76 bits per heavy atom. The van der Waals surface area contributed by atoms with Crippen LogP contribution in [0.15, 0.2) is 24.5 Å². The minimum absolute atomic E-state index is 0.0843. The lowest BCUT2D eigenvalue weighted by atomic mass is 10.0. The van der Waals surface area contributed by atoms with E-state index in [0.717, 1.165) is 37.7 Å². The van der Waals surface area contributed by atoms with E-state index in [0.29, 0.717) is 12.6 Å². The summed E-state index contributed by atoms with van der Waals surface area (Å²) in [6.07, 6.45) is 8.83. The molecule has 0 bridgehead atoms. The van der Waals surface area contributed by atoms with Crippen LogP contribution in [0, 0.1) is 5.92 Å². The second-order valence-electron chi connectivity index (χ2n) is 6.37. The molecule has 116 valence electrons. The van der Waals surface area contributed by atoms with Crippen LogP contribution in [0.3, 0.4) is 0 Å². The van der Waals surface area contributed by atoms with Gasteiger partial charge in [0, 0.05) is 36.9 Å². The predicted octanol–water partition coefficient (Wildman–Crippen LogP) is 2.73. The smallest absolute Gasteiger partial charge is 0.225 e. The van der Waals surface area contributed by atoms with Gasteiger partial charge in [-0.1, -0.05) is 19.4 Å². The highest BCUT2D eigenvalue weighted by Crippen LogP contribution is 2.30. The van der Waals surface area contributed by atoms with E-state index in [-0.39, 0.29) is 17.9 Å². The van der Waals surface area contributed by atoms with E-state index in [1.54, 1.807) is 6.20 Å². The zero-order chi connectivity index (χ0) is 15.2. The van der Waals surface area contributed by atoms with Gasteiger partial charge in [-0.15, -0.1) is 0 Å². The van der Waals surface area contributed by atoms with E-state index >= 15 is 0 Å². The van der Waals surface area contributed by atoms with Crippen LogP contribution in [0.1, 0.15) is 51.5 Å². The summed E-state index contributed by atoms with van der Waals surface area (Å²) < 4.78 is 0. The van der Waals surface area contributed by atoms with Crippen molar-refractivity contribution in [2.75, 3.05) is 0 Å². The zero-order valence-electron chi connectivity index (χ0n) is 13.2. The van der Waals surface area contributed by atoms with Crippen LogP contribution in [0.25, 0.3) is 0 Å². The Kier molecular flexibility index (Phi) is 5.74. The fourth-order valence-electron chi connectivity index (χ4n) is 2.61. The van der Waals surface area contributed by atoms with E-state index in [9.17, 15) is 4.79 Å². The summed E-state index contributed by atoms with van der Waals surface area (Å²) in [7, 11) is 0. The molecule has 2 N–H and O–H groups in total. The topological polar surface area (TPSA) is 59.2 Å². The molecule has 0 aliphatic heterocycles. The first-order valence-corrected chi connectivity index (χ1v) is 8.03. The van der Waals surface area contributed by atoms with Crippen LogP contribution in [0.5, 0.6) is 0 Å². The first-order valence-electron chi connectivity index (χ1n) is 8.03. The van der Waals surface area contributed by atoms with Gasteiger partial charge in [0.2, 0.25) is 5.91 Å². The Morgan fingerprint density at radius 1 is 1.43 bits per heavy atom. The summed E-state index contributed by atoms with van der Waals surface area (Å²) in [6.45, 7) is 4.75. The molecule has 21 heavy (non-hydrogen) atoms. The second-order valence-corrected chi connectivity index (χ2v) is 6.37. The van der Waals surface area contributed by atoms with Gasteiger partial charge in [0.15, 0.2) is 0 Å². The molecule has 1 aliphatic carbocycles. The Hall–Kier alpha value is -1.42. The average Bonchev–Trinajstić information content (AvgIpc) is 3.29. The molecule has 1 heterocycles. The van der Waals surface area contributed by atoms with Crippen LogP contribution >= 0.6 is 0 Å². The summed E-state index contributed by atoms with van der Waals surface area (Å²) in [6, 6.07) is 4.63. The van der Waals surface area contributed by atoms with Crippen molar-refractivity contribution in [1.82, 2.24) is 9.88 Å². The van der Waals surface area contributed by atoms with Crippen molar-refractivity contribution in [1.29, 1.82) is 0 Å². The van der Waals surface area contributed by atoms with Crippen molar-refractivity contribution in [2.45, 2.75) is 64.6 Å². The number of amides is 1. The van der Waals surface area contributed by atoms with Crippen LogP contribution in [0.4, 0.5) is 0 Å². The Bertz CT molecular complexity index is 443. The fourth-order valence-corrected chi connectivity index (χ4v) is 2.61. The average molecular weight is 289 g/mol. The molecule has 4 heteroatoms. The van der Waals surface area contributed by atoms with E-state index in [1.165, 1.54) is 0 Å². The molecule has 1 aromatic heterocycles. The normalized spacial score (nSPS) is 17.3. The molecule has 1 aliphatic rings. The van der Waals surface area contributed by atoms with Crippen molar-refractivity contribution in [3.63, 3.8) is 0 Å². The first kappa shape index (κ1) is 16.0. The highest BCUT2D eigenvalue weighted by atomic mass is 16.2. The molecule has 0 radical (unpaired) electrons. The lowest BCUT2D eigenvalue weighted by Gasteiger charge is -2.26.